The summed E-state index contributed by atoms with van der Waals surface area (Å²) in [5, 5.41) is 9.05. The number of benzene rings is 4. The van der Waals surface area contributed by atoms with Crippen molar-refractivity contribution >= 4 is 43.7 Å². The lowest BCUT2D eigenvalue weighted by atomic mass is 9.82. The average Bonchev–Trinajstić information content (AvgIpc) is 3.43. The number of aliphatic hydroxyl groups is 1. The van der Waals surface area contributed by atoms with Crippen molar-refractivity contribution in [1.82, 2.24) is 10.9 Å². The van der Waals surface area contributed by atoms with Crippen LogP contribution in [0, 0.1) is 0 Å². The van der Waals surface area contributed by atoms with Gasteiger partial charge >= 0.3 is 0 Å². The molecule has 4 aromatic carbocycles. The summed E-state index contributed by atoms with van der Waals surface area (Å²) >= 11 is 7.05. The topological polar surface area (TPSA) is 92.2 Å². The number of hydrogen-bond donors (Lipinski definition) is 3. The Balaban J connectivity index is 1.44. The van der Waals surface area contributed by atoms with E-state index < -0.39 is 11.6 Å². The molecule has 0 aromatic heterocycles. The van der Waals surface area contributed by atoms with Gasteiger partial charge in [-0.25, -0.2) is 10.4 Å². The zero-order valence-electron chi connectivity index (χ0n) is 24.2. The number of hydrazine groups is 1. The Morgan fingerprint density at radius 3 is 2.23 bits per heavy atom. The average molecular weight is 721 g/mol. The van der Waals surface area contributed by atoms with Gasteiger partial charge in [0.05, 0.1) is 6.61 Å². The number of rotatable bonds is 14. The summed E-state index contributed by atoms with van der Waals surface area (Å²) in [4.78, 5) is 19.4. The van der Waals surface area contributed by atoms with E-state index in [9.17, 15) is 4.79 Å². The van der Waals surface area contributed by atoms with Crippen LogP contribution in [-0.2, 0) is 22.4 Å². The lowest BCUT2D eigenvalue weighted by Gasteiger charge is -2.31. The second-order valence-electron chi connectivity index (χ2n) is 10.6. The normalized spacial score (nSPS) is 17.5. The van der Waals surface area contributed by atoms with Crippen molar-refractivity contribution < 1.29 is 19.4 Å². The Kier molecular flexibility index (Phi) is 11.2. The van der Waals surface area contributed by atoms with Gasteiger partial charge in [0.15, 0.2) is 11.6 Å². The minimum Gasteiger partial charge on any atom is -0.494 e. The maximum atomic E-state index is 14.3. The fraction of sp³-hybridized carbons (Fsp3) is 0.257. The molecule has 7 nitrogen and oxygen atoms in total. The number of nitrogens with one attached hydrogen (secondary N) is 2. The Morgan fingerprint density at radius 2 is 1.55 bits per heavy atom. The molecule has 0 spiro atoms. The van der Waals surface area contributed by atoms with Crippen LogP contribution in [0.5, 0.6) is 5.75 Å². The molecule has 0 saturated heterocycles. The molecule has 44 heavy (non-hydrogen) atoms. The highest BCUT2D eigenvalue weighted by atomic mass is 79.9. The second kappa shape index (κ2) is 15.5. The van der Waals surface area contributed by atoms with Gasteiger partial charge in [-0.3, -0.25) is 10.2 Å². The molecule has 1 aliphatic rings. The summed E-state index contributed by atoms with van der Waals surface area (Å²) in [6.07, 6.45) is 1.96. The number of carbonyl (C=O) groups is 1. The van der Waals surface area contributed by atoms with Gasteiger partial charge in [-0.05, 0) is 78.1 Å². The predicted octanol–water partition coefficient (Wildman–Crippen LogP) is 6.73. The van der Waals surface area contributed by atoms with Crippen molar-refractivity contribution in [3.05, 3.63) is 134 Å². The summed E-state index contributed by atoms with van der Waals surface area (Å²) in [6, 6.07) is 33.5. The fourth-order valence-corrected chi connectivity index (χ4v) is 5.64. The Hall–Kier alpha value is -3.50. The quantitative estimate of drug-likeness (QED) is 0.0994. The van der Waals surface area contributed by atoms with E-state index >= 15 is 0 Å². The van der Waals surface area contributed by atoms with Crippen LogP contribution in [-0.4, -0.2) is 42.2 Å². The van der Waals surface area contributed by atoms with E-state index in [0.29, 0.717) is 37.6 Å². The second-order valence-corrected chi connectivity index (χ2v) is 12.4. The molecule has 5 rings (SSSR count). The summed E-state index contributed by atoms with van der Waals surface area (Å²) in [6.45, 7) is 1.10. The van der Waals surface area contributed by atoms with Crippen LogP contribution in [0.4, 0.5) is 0 Å². The molecule has 0 aliphatic carbocycles. The summed E-state index contributed by atoms with van der Waals surface area (Å²) in [5.74, 6) is 0.798. The Labute approximate surface area is 274 Å². The fourth-order valence-electron chi connectivity index (χ4n) is 5.11. The van der Waals surface area contributed by atoms with Crippen molar-refractivity contribution in [3.63, 3.8) is 0 Å². The summed E-state index contributed by atoms with van der Waals surface area (Å²) in [5.41, 5.74) is 8.61. The van der Waals surface area contributed by atoms with E-state index in [2.05, 4.69) is 54.8 Å². The molecule has 1 aliphatic heterocycles. The molecule has 0 radical (unpaired) electrons. The van der Waals surface area contributed by atoms with Crippen molar-refractivity contribution in [2.45, 2.75) is 37.3 Å². The van der Waals surface area contributed by atoms with E-state index in [1.165, 1.54) is 5.56 Å². The lowest BCUT2D eigenvalue weighted by molar-refractivity contribution is -0.130. The maximum absolute atomic E-state index is 14.3. The van der Waals surface area contributed by atoms with E-state index in [1.54, 1.807) is 0 Å². The largest absolute Gasteiger partial charge is 0.494 e. The van der Waals surface area contributed by atoms with E-state index in [-0.39, 0.29) is 12.5 Å². The summed E-state index contributed by atoms with van der Waals surface area (Å²) < 4.78 is 14.2. The number of halogens is 2. The van der Waals surface area contributed by atoms with Gasteiger partial charge < -0.3 is 14.6 Å². The minimum absolute atomic E-state index is 0.0740. The number of amides is 1. The van der Waals surface area contributed by atoms with Gasteiger partial charge in [0.1, 0.15) is 5.75 Å². The maximum Gasteiger partial charge on any atom is 0.266 e. The predicted molar refractivity (Wildman–Crippen MR) is 180 cm³/mol. The molecular formula is C35H35Br2N3O4. The van der Waals surface area contributed by atoms with Crippen molar-refractivity contribution in [3.8, 4) is 5.75 Å². The van der Waals surface area contributed by atoms with Crippen LogP contribution < -0.4 is 15.6 Å². The van der Waals surface area contributed by atoms with Gasteiger partial charge in [-0.1, -0.05) is 86.5 Å². The molecule has 0 saturated carbocycles. The standard InChI is InChI=1S/C35H35Br2N3O4/c36-29-15-9-26(10-16-29)24-35(34(42)40-38-21-4-8-25-6-2-1-3-7-25)32(27-11-17-30(37)18-12-27)44-33(39-35)28-13-19-31(20-14-28)43-23-5-22-41/h1-3,6-7,9-20,32,38,41H,4-5,8,21-24H2,(H,40,42)/t32-,35-/m0/s1. The van der Waals surface area contributed by atoms with Crippen LogP contribution in [0.1, 0.15) is 41.2 Å². The third kappa shape index (κ3) is 8.15. The van der Waals surface area contributed by atoms with Crippen molar-refractivity contribution in [2.24, 2.45) is 4.99 Å². The van der Waals surface area contributed by atoms with Crippen molar-refractivity contribution in [1.29, 1.82) is 0 Å². The first-order valence-electron chi connectivity index (χ1n) is 14.6. The number of nitrogens with zero attached hydrogens (tertiary/aromatic N) is 1. The highest BCUT2D eigenvalue weighted by Crippen LogP contribution is 2.43. The van der Waals surface area contributed by atoms with Crippen LogP contribution in [0.15, 0.2) is 117 Å². The van der Waals surface area contributed by atoms with Crippen LogP contribution in [0.3, 0.4) is 0 Å². The van der Waals surface area contributed by atoms with E-state index in [0.717, 1.165) is 38.5 Å². The van der Waals surface area contributed by atoms with E-state index in [4.69, 9.17) is 19.6 Å². The number of carbonyl (C=O) groups excluding carboxylic acids is 1. The highest BCUT2D eigenvalue weighted by molar-refractivity contribution is 9.10. The lowest BCUT2D eigenvalue weighted by Crippen LogP contribution is -2.54. The first kappa shape index (κ1) is 31.9. The zero-order chi connectivity index (χ0) is 30.8. The van der Waals surface area contributed by atoms with Gasteiger partial charge in [-0.2, -0.15) is 0 Å². The smallest absolute Gasteiger partial charge is 0.266 e. The first-order valence-corrected chi connectivity index (χ1v) is 16.2. The monoisotopic (exact) mass is 719 g/mol. The number of ether oxygens (including phenoxy) is 2. The molecule has 9 heteroatoms. The van der Waals surface area contributed by atoms with Gasteiger partial charge in [0.25, 0.3) is 5.91 Å². The molecule has 2 atom stereocenters. The number of aliphatic imine (C=N–C) groups is 1. The SMILES string of the molecule is O=C(NNCCCc1ccccc1)[C@@]1(Cc2ccc(Br)cc2)N=C(c2ccc(OCCCO)cc2)O[C@H]1c1ccc(Br)cc1. The van der Waals surface area contributed by atoms with Gasteiger partial charge in [-0.15, -0.1) is 0 Å². The van der Waals surface area contributed by atoms with Gasteiger partial charge in [0.2, 0.25) is 5.90 Å². The first-order chi connectivity index (χ1) is 21.5. The molecule has 228 valence electrons. The minimum atomic E-state index is -1.29. The Morgan fingerprint density at radius 1 is 0.864 bits per heavy atom. The molecule has 0 fully saturated rings. The summed E-state index contributed by atoms with van der Waals surface area (Å²) in [7, 11) is 0. The molecule has 0 unspecified atom stereocenters. The van der Waals surface area contributed by atoms with Crippen LogP contribution in [0.25, 0.3) is 0 Å². The molecule has 4 aromatic rings. The number of aryl methyl sites for hydroxylation is 1. The molecular weight excluding hydrogens is 686 g/mol. The molecule has 1 amide bonds. The Bertz CT molecular complexity index is 1530. The number of aliphatic hydroxyl groups excluding tert-OH is 1. The third-order valence-corrected chi connectivity index (χ3v) is 8.46. The van der Waals surface area contributed by atoms with Crippen LogP contribution >= 0.6 is 31.9 Å². The highest BCUT2D eigenvalue weighted by Gasteiger charge is 2.53. The van der Waals surface area contributed by atoms with E-state index in [1.807, 2.05) is 91.0 Å². The molecule has 1 heterocycles. The third-order valence-electron chi connectivity index (χ3n) is 7.40. The zero-order valence-corrected chi connectivity index (χ0v) is 27.4. The van der Waals surface area contributed by atoms with Gasteiger partial charge in [0, 0.05) is 40.5 Å². The van der Waals surface area contributed by atoms with Crippen molar-refractivity contribution in [2.75, 3.05) is 19.8 Å². The molecule has 0 bridgehead atoms. The molecule has 3 N–H and O–H groups in total. The van der Waals surface area contributed by atoms with Crippen LogP contribution in [0.2, 0.25) is 0 Å². The number of hydrogen-bond acceptors (Lipinski definition) is 6.